The molecule has 1 heterocycles. The molecule has 106 valence electrons. The van der Waals surface area contributed by atoms with Crippen LogP contribution in [0.2, 0.25) is 10.0 Å². The highest BCUT2D eigenvalue weighted by Crippen LogP contribution is 2.30. The number of nitrogens with two attached hydrogens (primary N) is 1. The van der Waals surface area contributed by atoms with Crippen molar-refractivity contribution in [1.82, 2.24) is 9.80 Å². The molecule has 0 amide bonds. The van der Waals surface area contributed by atoms with Gasteiger partial charge in [-0.25, -0.2) is 0 Å². The van der Waals surface area contributed by atoms with Crippen LogP contribution in [0.25, 0.3) is 0 Å². The van der Waals surface area contributed by atoms with Gasteiger partial charge >= 0.3 is 0 Å². The van der Waals surface area contributed by atoms with Crippen molar-refractivity contribution in [3.05, 3.63) is 22.2 Å². The van der Waals surface area contributed by atoms with E-state index in [-0.39, 0.29) is 0 Å². The van der Waals surface area contributed by atoms with Crippen LogP contribution in [0.1, 0.15) is 0 Å². The molecule has 1 saturated heterocycles. The number of anilines is 2. The van der Waals surface area contributed by atoms with E-state index in [1.165, 1.54) is 0 Å². The van der Waals surface area contributed by atoms with E-state index in [4.69, 9.17) is 28.9 Å². The molecule has 1 aromatic rings. The molecule has 0 saturated carbocycles. The van der Waals surface area contributed by atoms with Gasteiger partial charge in [0.2, 0.25) is 0 Å². The highest BCUT2D eigenvalue weighted by Gasteiger charge is 2.21. The highest BCUT2D eigenvalue weighted by molar-refractivity contribution is 6.42. The standard InChI is InChI=1S/C13H20Cl2N4/c1-18-3-4-19(2)9(8-18)7-17-13-6-11(15)10(14)5-12(13)16/h5-6,9,17H,3-4,7-8,16H2,1-2H3. The lowest BCUT2D eigenvalue weighted by Gasteiger charge is -2.38. The summed E-state index contributed by atoms with van der Waals surface area (Å²) in [5.41, 5.74) is 7.41. The molecular weight excluding hydrogens is 283 g/mol. The van der Waals surface area contributed by atoms with Crippen molar-refractivity contribution in [3.63, 3.8) is 0 Å². The van der Waals surface area contributed by atoms with Gasteiger partial charge in [-0.3, -0.25) is 4.90 Å². The van der Waals surface area contributed by atoms with Crippen molar-refractivity contribution in [2.75, 3.05) is 51.3 Å². The van der Waals surface area contributed by atoms with Gasteiger partial charge in [-0.15, -0.1) is 0 Å². The van der Waals surface area contributed by atoms with Crippen molar-refractivity contribution < 1.29 is 0 Å². The summed E-state index contributed by atoms with van der Waals surface area (Å²) in [6.45, 7) is 4.08. The molecule has 3 N–H and O–H groups in total. The van der Waals surface area contributed by atoms with Crippen LogP contribution in [-0.2, 0) is 0 Å². The lowest BCUT2D eigenvalue weighted by atomic mass is 10.1. The molecule has 0 spiro atoms. The van der Waals surface area contributed by atoms with Crippen LogP contribution in [0.4, 0.5) is 11.4 Å². The Morgan fingerprint density at radius 2 is 1.95 bits per heavy atom. The molecule has 4 nitrogen and oxygen atoms in total. The van der Waals surface area contributed by atoms with Gasteiger partial charge in [-0.2, -0.15) is 0 Å². The minimum absolute atomic E-state index is 0.465. The van der Waals surface area contributed by atoms with Crippen LogP contribution in [0.15, 0.2) is 12.1 Å². The average molecular weight is 303 g/mol. The van der Waals surface area contributed by atoms with Gasteiger partial charge in [0.1, 0.15) is 0 Å². The number of nitrogens with zero attached hydrogens (tertiary/aromatic N) is 2. The molecule has 1 aliphatic rings. The third kappa shape index (κ3) is 3.66. The zero-order valence-corrected chi connectivity index (χ0v) is 12.8. The van der Waals surface area contributed by atoms with Crippen LogP contribution in [-0.4, -0.2) is 56.1 Å². The SMILES string of the molecule is CN1CCN(C)C(CNc2cc(Cl)c(Cl)cc2N)C1. The molecule has 1 aromatic carbocycles. The fraction of sp³-hybridized carbons (Fsp3) is 0.538. The normalized spacial score (nSPS) is 21.6. The van der Waals surface area contributed by atoms with Crippen LogP contribution in [0, 0.1) is 0 Å². The predicted octanol–water partition coefficient (Wildman–Crippen LogP) is 2.23. The molecule has 1 unspecified atom stereocenters. The number of halogens is 2. The zero-order chi connectivity index (χ0) is 14.0. The van der Waals surface area contributed by atoms with Crippen molar-refractivity contribution in [2.45, 2.75) is 6.04 Å². The summed E-state index contributed by atoms with van der Waals surface area (Å²) in [4.78, 5) is 4.70. The lowest BCUT2D eigenvalue weighted by Crippen LogP contribution is -2.52. The van der Waals surface area contributed by atoms with Crippen LogP contribution in [0.5, 0.6) is 0 Å². The van der Waals surface area contributed by atoms with E-state index >= 15 is 0 Å². The summed E-state index contributed by atoms with van der Waals surface area (Å²) in [7, 11) is 4.30. The van der Waals surface area contributed by atoms with E-state index in [9.17, 15) is 0 Å². The molecule has 0 radical (unpaired) electrons. The molecular formula is C13H20Cl2N4. The van der Waals surface area contributed by atoms with Gasteiger partial charge in [0.05, 0.1) is 21.4 Å². The molecule has 6 heteroatoms. The zero-order valence-electron chi connectivity index (χ0n) is 11.3. The van der Waals surface area contributed by atoms with Gasteiger partial charge in [-0.1, -0.05) is 23.2 Å². The fourth-order valence-electron chi connectivity index (χ4n) is 2.26. The second kappa shape index (κ2) is 6.18. The van der Waals surface area contributed by atoms with E-state index in [1.54, 1.807) is 12.1 Å². The van der Waals surface area contributed by atoms with E-state index in [2.05, 4.69) is 29.2 Å². The summed E-state index contributed by atoms with van der Waals surface area (Å²) in [6.07, 6.45) is 0. The number of likely N-dealkylation sites (N-methyl/N-ethyl adjacent to an activating group) is 2. The number of nitrogens with one attached hydrogen (secondary N) is 1. The summed E-state index contributed by atoms with van der Waals surface area (Å²) in [6, 6.07) is 3.93. The number of rotatable bonds is 3. The molecule has 0 aromatic heterocycles. The third-order valence-corrected chi connectivity index (χ3v) is 4.32. The number of hydrogen-bond acceptors (Lipinski definition) is 4. The van der Waals surface area contributed by atoms with Gasteiger partial charge in [0.15, 0.2) is 0 Å². The summed E-state index contributed by atoms with van der Waals surface area (Å²) < 4.78 is 0. The molecule has 1 atom stereocenters. The van der Waals surface area contributed by atoms with E-state index in [1.807, 2.05) is 0 Å². The van der Waals surface area contributed by atoms with Crippen molar-refractivity contribution >= 4 is 34.6 Å². The summed E-state index contributed by atoms with van der Waals surface area (Å²) in [5.74, 6) is 0. The first-order chi connectivity index (χ1) is 8.97. The maximum absolute atomic E-state index is 6.01. The fourth-order valence-corrected chi connectivity index (χ4v) is 2.60. The molecule has 1 fully saturated rings. The minimum Gasteiger partial charge on any atom is -0.397 e. The highest BCUT2D eigenvalue weighted by atomic mass is 35.5. The Balaban J connectivity index is 2.00. The third-order valence-electron chi connectivity index (χ3n) is 3.60. The van der Waals surface area contributed by atoms with Gasteiger partial charge in [0, 0.05) is 32.2 Å². The second-order valence-corrected chi connectivity index (χ2v) is 5.95. The molecule has 1 aliphatic heterocycles. The topological polar surface area (TPSA) is 44.5 Å². The maximum Gasteiger partial charge on any atom is 0.0614 e. The van der Waals surface area contributed by atoms with Gasteiger partial charge in [-0.05, 0) is 26.2 Å². The van der Waals surface area contributed by atoms with Gasteiger partial charge < -0.3 is 16.0 Å². The van der Waals surface area contributed by atoms with E-state index in [0.717, 1.165) is 31.9 Å². The molecule has 0 aliphatic carbocycles. The number of benzene rings is 1. The number of piperazine rings is 1. The first-order valence-electron chi connectivity index (χ1n) is 6.34. The first kappa shape index (κ1) is 14.7. The molecule has 0 bridgehead atoms. The van der Waals surface area contributed by atoms with Crippen molar-refractivity contribution in [1.29, 1.82) is 0 Å². The van der Waals surface area contributed by atoms with Crippen LogP contribution in [0.3, 0.4) is 0 Å². The van der Waals surface area contributed by atoms with Crippen molar-refractivity contribution in [3.8, 4) is 0 Å². The lowest BCUT2D eigenvalue weighted by molar-refractivity contribution is 0.122. The molecule has 2 rings (SSSR count). The average Bonchev–Trinajstić information content (AvgIpc) is 2.36. The molecule has 19 heavy (non-hydrogen) atoms. The van der Waals surface area contributed by atoms with E-state index in [0.29, 0.717) is 21.8 Å². The number of nitrogen functional groups attached to an aromatic ring is 1. The summed E-state index contributed by atoms with van der Waals surface area (Å²) >= 11 is 11.9. The monoisotopic (exact) mass is 302 g/mol. The Morgan fingerprint density at radius 1 is 1.26 bits per heavy atom. The maximum atomic E-state index is 6.01. The van der Waals surface area contributed by atoms with Crippen LogP contribution < -0.4 is 11.1 Å². The second-order valence-electron chi connectivity index (χ2n) is 5.13. The first-order valence-corrected chi connectivity index (χ1v) is 7.10. The smallest absolute Gasteiger partial charge is 0.0614 e. The van der Waals surface area contributed by atoms with Crippen molar-refractivity contribution in [2.24, 2.45) is 0 Å². The Labute approximate surface area is 124 Å². The summed E-state index contributed by atoms with van der Waals surface area (Å²) in [5, 5.41) is 4.37. The van der Waals surface area contributed by atoms with Gasteiger partial charge in [0.25, 0.3) is 0 Å². The van der Waals surface area contributed by atoms with E-state index < -0.39 is 0 Å². The predicted molar refractivity (Wildman–Crippen MR) is 83.3 cm³/mol. The minimum atomic E-state index is 0.465. The Kier molecular flexibility index (Phi) is 4.79. The van der Waals surface area contributed by atoms with Crippen LogP contribution >= 0.6 is 23.2 Å². The quantitative estimate of drug-likeness (QED) is 0.841. The Morgan fingerprint density at radius 3 is 2.68 bits per heavy atom. The largest absolute Gasteiger partial charge is 0.397 e. The Bertz CT molecular complexity index is 453. The number of hydrogen-bond donors (Lipinski definition) is 2. The Hall–Kier alpha value is -0.680.